The molecule has 0 fully saturated rings. The molecule has 14 heavy (non-hydrogen) atoms. The van der Waals surface area contributed by atoms with E-state index in [1.165, 1.54) is 13.0 Å². The summed E-state index contributed by atoms with van der Waals surface area (Å²) in [6, 6.07) is 2.29. The first-order valence-corrected chi connectivity index (χ1v) is 4.15. The van der Waals surface area contributed by atoms with E-state index >= 15 is 0 Å². The molecule has 0 heterocycles. The van der Waals surface area contributed by atoms with Crippen LogP contribution in [0.1, 0.15) is 24.0 Å². The molecule has 1 rings (SSSR count). The summed E-state index contributed by atoms with van der Waals surface area (Å²) in [5.41, 5.74) is 0.558. The lowest BCUT2D eigenvalue weighted by Gasteiger charge is -2.09. The highest BCUT2D eigenvalue weighted by Crippen LogP contribution is 2.26. The van der Waals surface area contributed by atoms with E-state index in [9.17, 15) is 9.18 Å². The van der Waals surface area contributed by atoms with Crippen LogP contribution < -0.4 is 0 Å². The average Bonchev–Trinajstić information content (AvgIpc) is 2.10. The van der Waals surface area contributed by atoms with E-state index in [4.69, 9.17) is 10.2 Å². The minimum absolute atomic E-state index is 0.0906. The molecule has 0 aliphatic rings. The van der Waals surface area contributed by atoms with Crippen molar-refractivity contribution in [3.63, 3.8) is 0 Å². The summed E-state index contributed by atoms with van der Waals surface area (Å²) in [4.78, 5) is 10.6. The standard InChI is InChI=1S/C10H11FO3/c1-5-3-7(6(2)10(13)14)8(11)4-9(5)12/h3-4,6,12H,1-2H3,(H,13,14). The normalized spacial score (nSPS) is 12.5. The van der Waals surface area contributed by atoms with Crippen molar-refractivity contribution in [1.82, 2.24) is 0 Å². The predicted octanol–water partition coefficient (Wildman–Crippen LogP) is 2.03. The molecule has 3 nitrogen and oxygen atoms in total. The van der Waals surface area contributed by atoms with E-state index in [0.717, 1.165) is 6.07 Å². The van der Waals surface area contributed by atoms with Gasteiger partial charge in [-0.2, -0.15) is 0 Å². The lowest BCUT2D eigenvalue weighted by atomic mass is 9.98. The summed E-state index contributed by atoms with van der Waals surface area (Å²) in [6.07, 6.45) is 0. The molecule has 0 saturated heterocycles. The first-order chi connectivity index (χ1) is 6.43. The molecule has 0 aliphatic heterocycles. The highest BCUT2D eigenvalue weighted by molar-refractivity contribution is 5.75. The SMILES string of the molecule is Cc1cc(C(C)C(=O)O)c(F)cc1O. The van der Waals surface area contributed by atoms with Crippen LogP contribution in [0.15, 0.2) is 12.1 Å². The van der Waals surface area contributed by atoms with E-state index in [2.05, 4.69) is 0 Å². The number of phenolic OH excluding ortho intramolecular Hbond substituents is 1. The minimum atomic E-state index is -1.09. The Morgan fingerprint density at radius 1 is 1.50 bits per heavy atom. The van der Waals surface area contributed by atoms with Gasteiger partial charge in [-0.25, -0.2) is 4.39 Å². The molecular weight excluding hydrogens is 187 g/mol. The lowest BCUT2D eigenvalue weighted by molar-refractivity contribution is -0.138. The molecule has 2 N–H and O–H groups in total. The fourth-order valence-corrected chi connectivity index (χ4v) is 1.16. The molecule has 1 aromatic rings. The maximum Gasteiger partial charge on any atom is 0.310 e. The number of carboxylic acids is 1. The van der Waals surface area contributed by atoms with Crippen LogP contribution >= 0.6 is 0 Å². The number of hydrogen-bond acceptors (Lipinski definition) is 2. The monoisotopic (exact) mass is 198 g/mol. The van der Waals surface area contributed by atoms with Gasteiger partial charge in [-0.15, -0.1) is 0 Å². The van der Waals surface area contributed by atoms with Crippen LogP contribution in [0.25, 0.3) is 0 Å². The van der Waals surface area contributed by atoms with Gasteiger partial charge < -0.3 is 10.2 Å². The average molecular weight is 198 g/mol. The molecular formula is C10H11FO3. The Morgan fingerprint density at radius 2 is 2.07 bits per heavy atom. The highest BCUT2D eigenvalue weighted by Gasteiger charge is 2.18. The quantitative estimate of drug-likeness (QED) is 0.764. The van der Waals surface area contributed by atoms with Crippen molar-refractivity contribution in [1.29, 1.82) is 0 Å². The van der Waals surface area contributed by atoms with E-state index < -0.39 is 17.7 Å². The third-order valence-corrected chi connectivity index (χ3v) is 2.15. The number of halogens is 1. The van der Waals surface area contributed by atoms with Crippen LogP contribution in [0.4, 0.5) is 4.39 Å². The van der Waals surface area contributed by atoms with E-state index in [-0.39, 0.29) is 11.3 Å². The molecule has 0 saturated carbocycles. The van der Waals surface area contributed by atoms with Gasteiger partial charge in [0.05, 0.1) is 5.92 Å². The second kappa shape index (κ2) is 3.65. The number of benzene rings is 1. The van der Waals surface area contributed by atoms with Crippen molar-refractivity contribution in [2.24, 2.45) is 0 Å². The summed E-state index contributed by atoms with van der Waals surface area (Å²) < 4.78 is 13.2. The second-order valence-corrected chi connectivity index (χ2v) is 3.22. The second-order valence-electron chi connectivity index (χ2n) is 3.22. The Bertz CT molecular complexity index is 374. The van der Waals surface area contributed by atoms with Gasteiger partial charge in [-0.1, -0.05) is 0 Å². The molecule has 0 radical (unpaired) electrons. The summed E-state index contributed by atoms with van der Waals surface area (Å²) >= 11 is 0. The molecule has 1 unspecified atom stereocenters. The van der Waals surface area contributed by atoms with Crippen LogP contribution in [-0.2, 0) is 4.79 Å². The summed E-state index contributed by atoms with van der Waals surface area (Å²) in [6.45, 7) is 2.99. The van der Waals surface area contributed by atoms with Gasteiger partial charge in [-0.05, 0) is 25.5 Å². The summed E-state index contributed by atoms with van der Waals surface area (Å²) in [5, 5.41) is 17.8. The Morgan fingerprint density at radius 3 is 2.57 bits per heavy atom. The van der Waals surface area contributed by atoms with Crippen LogP contribution in [-0.4, -0.2) is 16.2 Å². The molecule has 76 valence electrons. The number of aromatic hydroxyl groups is 1. The van der Waals surface area contributed by atoms with Gasteiger partial charge in [0.25, 0.3) is 0 Å². The minimum Gasteiger partial charge on any atom is -0.508 e. The van der Waals surface area contributed by atoms with Gasteiger partial charge in [0, 0.05) is 11.6 Å². The van der Waals surface area contributed by atoms with Crippen molar-refractivity contribution >= 4 is 5.97 Å². The van der Waals surface area contributed by atoms with Crippen LogP contribution in [0.2, 0.25) is 0 Å². The van der Waals surface area contributed by atoms with E-state index in [1.54, 1.807) is 6.92 Å². The Labute approximate surface area is 80.8 Å². The summed E-state index contributed by atoms with van der Waals surface area (Å²) in [5.74, 6) is -2.85. The molecule has 0 aromatic heterocycles. The van der Waals surface area contributed by atoms with Gasteiger partial charge in [0.1, 0.15) is 11.6 Å². The first kappa shape index (κ1) is 10.5. The number of rotatable bonds is 2. The molecule has 0 aliphatic carbocycles. The first-order valence-electron chi connectivity index (χ1n) is 4.15. The number of phenols is 1. The molecule has 4 heteroatoms. The van der Waals surface area contributed by atoms with E-state index in [1.807, 2.05) is 0 Å². The van der Waals surface area contributed by atoms with Crippen molar-refractivity contribution in [2.45, 2.75) is 19.8 Å². The van der Waals surface area contributed by atoms with E-state index in [0.29, 0.717) is 5.56 Å². The Kier molecular flexibility index (Phi) is 2.74. The number of aryl methyl sites for hydroxylation is 1. The smallest absolute Gasteiger partial charge is 0.310 e. The van der Waals surface area contributed by atoms with Gasteiger partial charge in [0.15, 0.2) is 0 Å². The fraction of sp³-hybridized carbons (Fsp3) is 0.300. The zero-order valence-electron chi connectivity index (χ0n) is 7.91. The molecule has 1 atom stereocenters. The molecule has 0 bridgehead atoms. The molecule has 1 aromatic carbocycles. The Balaban J connectivity index is 3.22. The summed E-state index contributed by atoms with van der Waals surface area (Å²) in [7, 11) is 0. The molecule has 0 spiro atoms. The highest BCUT2D eigenvalue weighted by atomic mass is 19.1. The fourth-order valence-electron chi connectivity index (χ4n) is 1.16. The van der Waals surface area contributed by atoms with Crippen LogP contribution in [0.5, 0.6) is 5.75 Å². The Hall–Kier alpha value is -1.58. The van der Waals surface area contributed by atoms with Gasteiger partial charge in [0.2, 0.25) is 0 Å². The lowest BCUT2D eigenvalue weighted by Crippen LogP contribution is -2.09. The topological polar surface area (TPSA) is 57.5 Å². The number of hydrogen-bond donors (Lipinski definition) is 2. The third kappa shape index (κ3) is 1.84. The largest absolute Gasteiger partial charge is 0.508 e. The van der Waals surface area contributed by atoms with Crippen molar-refractivity contribution in [3.05, 3.63) is 29.1 Å². The number of aliphatic carboxylic acids is 1. The maximum absolute atomic E-state index is 13.2. The number of carbonyl (C=O) groups is 1. The zero-order valence-corrected chi connectivity index (χ0v) is 7.91. The van der Waals surface area contributed by atoms with Crippen molar-refractivity contribution in [3.8, 4) is 5.75 Å². The third-order valence-electron chi connectivity index (χ3n) is 2.15. The van der Waals surface area contributed by atoms with Gasteiger partial charge in [-0.3, -0.25) is 4.79 Å². The van der Waals surface area contributed by atoms with Crippen LogP contribution in [0, 0.1) is 12.7 Å². The van der Waals surface area contributed by atoms with Crippen molar-refractivity contribution in [2.75, 3.05) is 0 Å². The molecule has 0 amide bonds. The van der Waals surface area contributed by atoms with Gasteiger partial charge >= 0.3 is 5.97 Å². The zero-order chi connectivity index (χ0) is 10.9. The van der Waals surface area contributed by atoms with Crippen molar-refractivity contribution < 1.29 is 19.4 Å². The van der Waals surface area contributed by atoms with Crippen LogP contribution in [0.3, 0.4) is 0 Å². The maximum atomic E-state index is 13.2. The number of carboxylic acid groups (broad SMARTS) is 1. The predicted molar refractivity (Wildman–Crippen MR) is 48.9 cm³/mol.